The van der Waals surface area contributed by atoms with Gasteiger partial charge in [0.1, 0.15) is 34.7 Å². The van der Waals surface area contributed by atoms with E-state index < -0.39 is 25.6 Å². The number of likely N-dealkylation sites (N-methyl/N-ethyl adjacent to an activating group) is 1. The van der Waals surface area contributed by atoms with E-state index in [9.17, 15) is 21.6 Å². The summed E-state index contributed by atoms with van der Waals surface area (Å²) in [5.41, 5.74) is 10.0. The first-order chi connectivity index (χ1) is 39.5. The molecule has 0 amide bonds. The van der Waals surface area contributed by atoms with Gasteiger partial charge in [0.25, 0.3) is 0 Å². The second kappa shape index (κ2) is 23.4. The summed E-state index contributed by atoms with van der Waals surface area (Å²) in [6.45, 7) is 34.6. The number of ether oxygens (including phenoxy) is 3. The molecule has 0 aromatic heterocycles. The highest BCUT2D eigenvalue weighted by Gasteiger charge is 2.42. The summed E-state index contributed by atoms with van der Waals surface area (Å²) >= 11 is 0. The molecule has 84 heavy (non-hydrogen) atoms. The van der Waals surface area contributed by atoms with E-state index in [0.717, 1.165) is 102 Å². The van der Waals surface area contributed by atoms with Crippen LogP contribution >= 0.6 is 0 Å². The quantitative estimate of drug-likeness (QED) is 0.0933. The summed E-state index contributed by atoms with van der Waals surface area (Å²) in [4.78, 5) is 27.2. The van der Waals surface area contributed by atoms with E-state index in [1.165, 1.54) is 26.8 Å². The third-order valence-electron chi connectivity index (χ3n) is 19.4. The molecule has 0 spiro atoms. The summed E-state index contributed by atoms with van der Waals surface area (Å²) in [6.07, 6.45) is 12.8. The highest BCUT2D eigenvalue weighted by molar-refractivity contribution is 7.89. The lowest BCUT2D eigenvalue weighted by Gasteiger charge is -2.47. The zero-order valence-electron chi connectivity index (χ0n) is 52.9. The molecule has 7 heterocycles. The lowest BCUT2D eigenvalue weighted by molar-refractivity contribution is -0.149. The molecule has 1 aliphatic carbocycles. The fourth-order valence-electron chi connectivity index (χ4n) is 14.8. The molecule has 0 bridgehead atoms. The molecule has 15 nitrogen and oxygen atoms in total. The molecule has 0 saturated carbocycles. The maximum atomic E-state index is 13.8. The number of allylic oxidation sites excluding steroid dienone is 3. The van der Waals surface area contributed by atoms with Crippen molar-refractivity contribution in [3.63, 3.8) is 0 Å². The fraction of sp³-hybridized carbons (Fsp3) is 0.612. The van der Waals surface area contributed by atoms with Crippen LogP contribution in [0.15, 0.2) is 75.9 Å². The number of rotatable bonds is 13. The minimum atomic E-state index is -3.64. The maximum Gasteiger partial charge on any atom is 0.309 e. The van der Waals surface area contributed by atoms with Gasteiger partial charge in [-0.25, -0.2) is 40.0 Å². The Morgan fingerprint density at radius 2 is 1.37 bits per heavy atom. The van der Waals surface area contributed by atoms with Crippen LogP contribution in [0.25, 0.3) is 5.57 Å². The molecule has 2 saturated heterocycles. The van der Waals surface area contributed by atoms with Gasteiger partial charge in [0.2, 0.25) is 25.4 Å². The number of piperidine rings is 2. The number of esters is 1. The van der Waals surface area contributed by atoms with Crippen LogP contribution in [0.5, 0.6) is 17.2 Å². The molecule has 3 aromatic carbocycles. The first-order valence-electron chi connectivity index (χ1n) is 31.3. The highest BCUT2D eigenvalue weighted by atomic mass is 32.2. The number of hydrogen-bond donors (Lipinski definition) is 0. The van der Waals surface area contributed by atoms with Crippen LogP contribution in [0.2, 0.25) is 0 Å². The smallest absolute Gasteiger partial charge is 0.309 e. The van der Waals surface area contributed by atoms with Crippen LogP contribution in [-0.4, -0.2) is 118 Å². The van der Waals surface area contributed by atoms with E-state index in [4.69, 9.17) is 24.2 Å². The zero-order valence-corrected chi connectivity index (χ0v) is 54.5. The first kappa shape index (κ1) is 61.7. The Balaban J connectivity index is 0.000000191. The number of benzene rings is 3. The molecule has 11 rings (SSSR count). The Kier molecular flexibility index (Phi) is 17.2. The third kappa shape index (κ3) is 12.2. The normalized spacial score (nSPS) is 23.1. The Morgan fingerprint density at radius 1 is 0.762 bits per heavy atom. The zero-order chi connectivity index (χ0) is 60.6. The maximum absolute atomic E-state index is 13.8. The van der Waals surface area contributed by atoms with E-state index in [1.807, 2.05) is 12.1 Å². The number of fused-ring (bicyclic) bond motifs is 7. The predicted octanol–water partition coefficient (Wildman–Crippen LogP) is 12.0. The van der Waals surface area contributed by atoms with Gasteiger partial charge in [0.15, 0.2) is 22.8 Å². The molecule has 2 fully saturated rings. The summed E-state index contributed by atoms with van der Waals surface area (Å²) in [6, 6.07) is 12.7. The Labute approximate surface area is 501 Å². The lowest BCUT2D eigenvalue weighted by atomic mass is 9.80. The van der Waals surface area contributed by atoms with E-state index >= 15 is 0 Å². The van der Waals surface area contributed by atoms with Crippen LogP contribution in [-0.2, 0) is 29.6 Å². The van der Waals surface area contributed by atoms with Crippen molar-refractivity contribution in [1.29, 1.82) is 0 Å². The number of anilines is 2. The molecular formula is C67H94N7O8S2+. The number of hydrogen-bond acceptors (Lipinski definition) is 12. The fourth-order valence-corrected chi connectivity index (χ4v) is 18.2. The lowest BCUT2D eigenvalue weighted by Crippen LogP contribution is -2.50. The molecule has 8 aliphatic rings. The minimum Gasteiger partial charge on any atom is -0.466 e. The number of sulfonamides is 2. The minimum absolute atomic E-state index is 0.0271. The van der Waals surface area contributed by atoms with Crippen LogP contribution in [0.3, 0.4) is 0 Å². The van der Waals surface area contributed by atoms with Gasteiger partial charge < -0.3 is 24.0 Å². The number of carbonyl (C=O) groups is 1. The van der Waals surface area contributed by atoms with Crippen LogP contribution in [0, 0.1) is 23.7 Å². The van der Waals surface area contributed by atoms with Gasteiger partial charge in [0.05, 0.1) is 35.7 Å². The van der Waals surface area contributed by atoms with E-state index in [1.54, 1.807) is 11.2 Å². The van der Waals surface area contributed by atoms with Crippen molar-refractivity contribution >= 4 is 60.1 Å². The molecule has 0 N–H and O–H groups in total. The monoisotopic (exact) mass is 1190 g/mol. The molecule has 17 heteroatoms. The van der Waals surface area contributed by atoms with Gasteiger partial charge in [-0.15, -0.1) is 0 Å². The van der Waals surface area contributed by atoms with Gasteiger partial charge in [-0.1, -0.05) is 40.2 Å². The van der Waals surface area contributed by atoms with E-state index in [2.05, 4.69) is 154 Å². The van der Waals surface area contributed by atoms with Gasteiger partial charge in [0, 0.05) is 88.2 Å². The van der Waals surface area contributed by atoms with Gasteiger partial charge >= 0.3 is 5.97 Å². The van der Waals surface area contributed by atoms with E-state index in [-0.39, 0.29) is 40.4 Å². The van der Waals surface area contributed by atoms with Crippen molar-refractivity contribution in [3.8, 4) is 17.2 Å². The second-order valence-electron chi connectivity index (χ2n) is 27.5. The average Bonchev–Trinajstić information content (AvgIpc) is 2.41. The SMILES string of the molecule is CC(C)CC(CS(=O)(=O)N1CCC(C)CC1)C1=CC2=Nc3cc4c(cc3OC2=CC1)N(C)C(C)(C)CC4C.CCOC(=O)C1CCN(S(=O)(=O)CC2=CC(C)(C)[N+](CC)=c3cc4c(cc32)=Nc2cc3c(cc2O4)N(CC)C(C)(C)CC3C)CC1. The van der Waals surface area contributed by atoms with Crippen molar-refractivity contribution in [3.05, 3.63) is 93.4 Å². The summed E-state index contributed by atoms with van der Waals surface area (Å²) < 4.78 is 78.3. The molecular weight excluding hydrogens is 1090 g/mol. The van der Waals surface area contributed by atoms with Crippen LogP contribution in [0.1, 0.15) is 177 Å². The topological polar surface area (TPSA) is 154 Å². The Bertz CT molecular complexity index is 3580. The number of carbonyl (C=O) groups excluding carboxylic acids is 1. The van der Waals surface area contributed by atoms with Crippen molar-refractivity contribution < 1.29 is 35.8 Å². The molecule has 0 radical (unpaired) electrons. The van der Waals surface area contributed by atoms with Crippen molar-refractivity contribution in [2.45, 2.75) is 177 Å². The summed E-state index contributed by atoms with van der Waals surface area (Å²) in [7, 11) is -4.79. The first-order valence-corrected chi connectivity index (χ1v) is 34.5. The number of aliphatic imine (C=N–C) groups is 1. The van der Waals surface area contributed by atoms with Crippen molar-refractivity contribution in [2.75, 3.05) is 74.2 Å². The van der Waals surface area contributed by atoms with Crippen molar-refractivity contribution in [2.24, 2.45) is 33.7 Å². The van der Waals surface area contributed by atoms with Crippen molar-refractivity contribution in [1.82, 2.24) is 13.2 Å². The standard InChI is InChI=1S/C36H49N4O5S.C31H45N3O3S/c1-9-39-30-18-32-28(16-26(30)23(4)20-35(39,5)6)37-29-17-27-25(21-36(7,8)40(10-2)31(27)19-33(29)45-32)22-46(42,43)38-14-12-24(13-15-38)34(41)44-11-3;1-20(2)14-24(19-38(35,36)34-12-10-21(3)11-13-34)23-8-9-29-26(15-23)32-27-16-25-22(4)18-31(5,6)33(7)28(25)17-30(27)37-29/h16-19,21,23-24H,9-15,20,22H2,1-8H3;9,15-17,20-22,24H,8,10-14,18-19H2,1-7H3/q+1;. The molecule has 3 atom stereocenters. The summed E-state index contributed by atoms with van der Waals surface area (Å²) in [5.74, 6) is 4.39. The van der Waals surface area contributed by atoms with Gasteiger partial charge in [-0.2, -0.15) is 0 Å². The predicted molar refractivity (Wildman–Crippen MR) is 339 cm³/mol. The molecule has 456 valence electrons. The molecule has 3 unspecified atom stereocenters. The van der Waals surface area contributed by atoms with Crippen LogP contribution < -0.4 is 34.6 Å². The Morgan fingerprint density at radius 3 is 2.01 bits per heavy atom. The van der Waals surface area contributed by atoms with E-state index in [0.29, 0.717) is 86.8 Å². The van der Waals surface area contributed by atoms with Gasteiger partial charge in [-0.3, -0.25) is 4.79 Å². The highest BCUT2D eigenvalue weighted by Crippen LogP contribution is 2.51. The summed E-state index contributed by atoms with van der Waals surface area (Å²) in [5, 5.41) is 1.65. The number of nitrogens with zero attached hydrogens (tertiary/aromatic N) is 7. The Hall–Kier alpha value is -5.36. The molecule has 7 aliphatic heterocycles. The third-order valence-corrected chi connectivity index (χ3v) is 23.2. The molecule has 3 aromatic rings. The van der Waals surface area contributed by atoms with Gasteiger partial charge in [-0.05, 0) is 183 Å². The van der Waals surface area contributed by atoms with Crippen LogP contribution in [0.4, 0.5) is 22.7 Å². The second-order valence-corrected chi connectivity index (χ2v) is 31.5. The largest absolute Gasteiger partial charge is 0.466 e. The average molecular weight is 1190 g/mol.